The summed E-state index contributed by atoms with van der Waals surface area (Å²) < 4.78 is 6.10. The predicted octanol–water partition coefficient (Wildman–Crippen LogP) is 9.77. The summed E-state index contributed by atoms with van der Waals surface area (Å²) in [5, 5.41) is 3.60. The lowest BCUT2D eigenvalue weighted by atomic mass is 9.76. The lowest BCUT2D eigenvalue weighted by molar-refractivity contribution is -0.122. The molecule has 2 atom stereocenters. The molecule has 0 bridgehead atoms. The van der Waals surface area contributed by atoms with Crippen LogP contribution in [0.15, 0.2) is 115 Å². The number of hydrogen-bond donors (Lipinski definition) is 1. The second-order valence-electron chi connectivity index (χ2n) is 13.1. The van der Waals surface area contributed by atoms with Crippen molar-refractivity contribution in [3.8, 4) is 5.75 Å². The van der Waals surface area contributed by atoms with Crippen LogP contribution in [0, 0.1) is 0 Å². The highest BCUT2D eigenvalue weighted by Gasteiger charge is 2.40. The van der Waals surface area contributed by atoms with Crippen molar-refractivity contribution in [1.29, 1.82) is 0 Å². The van der Waals surface area contributed by atoms with Gasteiger partial charge in [-0.3, -0.25) is 14.9 Å². The fourth-order valence-corrected chi connectivity index (χ4v) is 8.07. The molecule has 1 fully saturated rings. The zero-order chi connectivity index (χ0) is 35.9. The predicted molar refractivity (Wildman–Crippen MR) is 206 cm³/mol. The Morgan fingerprint density at radius 2 is 1.37 bits per heavy atom. The molecule has 5 aromatic rings. The van der Waals surface area contributed by atoms with Crippen molar-refractivity contribution in [2.75, 3.05) is 22.9 Å². The Hall–Kier alpha value is -5.08. The molecule has 8 rings (SSSR count). The number of rotatable bonds is 7. The normalized spacial score (nSPS) is 19.1. The third kappa shape index (κ3) is 6.45. The molecule has 0 unspecified atom stereocenters. The summed E-state index contributed by atoms with van der Waals surface area (Å²) in [6, 6.07) is 33.8. The Labute approximate surface area is 316 Å². The first kappa shape index (κ1) is 34.0. The number of amides is 4. The van der Waals surface area contributed by atoms with Crippen LogP contribution in [-0.4, -0.2) is 30.9 Å². The molecule has 260 valence electrons. The number of nitrogens with zero attached hydrogens (tertiary/aromatic N) is 2. The molecule has 0 radical (unpaired) electrons. The van der Waals surface area contributed by atoms with Gasteiger partial charge in [-0.2, -0.15) is 0 Å². The standard InChI is InChI=1S/C42H32Cl3N3O4/c43-29-12-14-38(52-24-25-11-13-36(44)37(45)19-25)28(20-29)21-35-40(49)46-42(51)48(41(35)50)30-22-33-31(26-7-3-1-4-8-26)15-17-47-18-16-32(34(23-30)39(33)47)27-9-5-2-6-10-27/h1-14,19-23,31-32H,15-18,24H2,(H,46,49,51)/b35-21+/t31-,32-/m1/s1. The van der Waals surface area contributed by atoms with Crippen molar-refractivity contribution >= 4 is 70.1 Å². The summed E-state index contributed by atoms with van der Waals surface area (Å²) in [6.45, 7) is 1.94. The van der Waals surface area contributed by atoms with E-state index in [9.17, 15) is 14.4 Å². The van der Waals surface area contributed by atoms with Crippen LogP contribution in [0.2, 0.25) is 15.1 Å². The maximum atomic E-state index is 14.4. The molecule has 5 aromatic carbocycles. The number of urea groups is 1. The van der Waals surface area contributed by atoms with Gasteiger partial charge in [-0.25, -0.2) is 9.69 Å². The molecule has 0 saturated carbocycles. The van der Waals surface area contributed by atoms with E-state index in [0.717, 1.165) is 53.2 Å². The second kappa shape index (κ2) is 14.2. The highest BCUT2D eigenvalue weighted by molar-refractivity contribution is 6.42. The van der Waals surface area contributed by atoms with Gasteiger partial charge < -0.3 is 9.64 Å². The number of benzene rings is 5. The minimum Gasteiger partial charge on any atom is -0.488 e. The Balaban J connectivity index is 1.21. The van der Waals surface area contributed by atoms with Crippen LogP contribution in [0.25, 0.3) is 6.08 Å². The maximum Gasteiger partial charge on any atom is 0.335 e. The number of ether oxygens (including phenoxy) is 1. The van der Waals surface area contributed by atoms with E-state index in [2.05, 4.69) is 34.5 Å². The largest absolute Gasteiger partial charge is 0.488 e. The lowest BCUT2D eigenvalue weighted by Crippen LogP contribution is -2.54. The second-order valence-corrected chi connectivity index (χ2v) is 14.4. The minimum absolute atomic E-state index is 0.0574. The van der Waals surface area contributed by atoms with Crippen LogP contribution >= 0.6 is 34.8 Å². The van der Waals surface area contributed by atoms with Gasteiger partial charge in [-0.05, 0) is 89.2 Å². The Morgan fingerprint density at radius 1 is 0.731 bits per heavy atom. The van der Waals surface area contributed by atoms with Gasteiger partial charge in [0.1, 0.15) is 17.9 Å². The number of halogens is 3. The lowest BCUT2D eigenvalue weighted by Gasteiger charge is -2.44. The molecule has 0 aromatic heterocycles. The molecule has 10 heteroatoms. The highest BCUT2D eigenvalue weighted by Crippen LogP contribution is 2.50. The van der Waals surface area contributed by atoms with Gasteiger partial charge in [0.05, 0.1) is 15.7 Å². The van der Waals surface area contributed by atoms with E-state index in [0.29, 0.717) is 32.1 Å². The van der Waals surface area contributed by atoms with Crippen LogP contribution in [0.5, 0.6) is 5.75 Å². The molecule has 1 N–H and O–H groups in total. The number of imide groups is 2. The van der Waals surface area contributed by atoms with Gasteiger partial charge >= 0.3 is 6.03 Å². The molecular formula is C42H32Cl3N3O4. The van der Waals surface area contributed by atoms with E-state index in [4.69, 9.17) is 39.5 Å². The van der Waals surface area contributed by atoms with Gasteiger partial charge in [-0.1, -0.05) is 102 Å². The molecule has 3 heterocycles. The molecular weight excluding hydrogens is 717 g/mol. The van der Waals surface area contributed by atoms with Gasteiger partial charge in [0.2, 0.25) is 0 Å². The fraction of sp³-hybridized carbons (Fsp3) is 0.167. The van der Waals surface area contributed by atoms with Gasteiger partial charge in [0.15, 0.2) is 0 Å². The summed E-state index contributed by atoms with van der Waals surface area (Å²) in [6.07, 6.45) is 3.19. The SMILES string of the molecule is O=C1NC(=O)N(c2cc3c4c(c2)[C@@H](c2ccccc2)CCN4CC[C@@H]3c2ccccc2)C(=O)/C1=C/c1cc(Cl)ccc1OCc1ccc(Cl)c(Cl)c1. The zero-order valence-corrected chi connectivity index (χ0v) is 30.1. The van der Waals surface area contributed by atoms with E-state index in [-0.39, 0.29) is 24.0 Å². The average molecular weight is 749 g/mol. The number of nitrogens with one attached hydrogen (secondary N) is 1. The van der Waals surface area contributed by atoms with Crippen molar-refractivity contribution < 1.29 is 19.1 Å². The summed E-state index contributed by atoms with van der Waals surface area (Å²) in [4.78, 5) is 44.9. The first-order chi connectivity index (χ1) is 25.2. The number of anilines is 2. The zero-order valence-electron chi connectivity index (χ0n) is 27.8. The topological polar surface area (TPSA) is 79.0 Å². The monoisotopic (exact) mass is 747 g/mol. The van der Waals surface area contributed by atoms with E-state index >= 15 is 0 Å². The number of carbonyl (C=O) groups excluding carboxylic acids is 3. The molecule has 4 amide bonds. The number of hydrogen-bond acceptors (Lipinski definition) is 5. The molecule has 3 aliphatic rings. The van der Waals surface area contributed by atoms with Crippen molar-refractivity contribution in [2.24, 2.45) is 0 Å². The molecule has 52 heavy (non-hydrogen) atoms. The minimum atomic E-state index is -0.809. The molecule has 0 spiro atoms. The van der Waals surface area contributed by atoms with Crippen molar-refractivity contribution in [3.63, 3.8) is 0 Å². The smallest absolute Gasteiger partial charge is 0.335 e. The first-order valence-electron chi connectivity index (χ1n) is 17.1. The Bertz CT molecular complexity index is 2190. The maximum absolute atomic E-state index is 14.4. The summed E-state index contributed by atoms with van der Waals surface area (Å²) in [5.74, 6) is -1.06. The summed E-state index contributed by atoms with van der Waals surface area (Å²) in [7, 11) is 0. The molecule has 0 aliphatic carbocycles. The van der Waals surface area contributed by atoms with Crippen molar-refractivity contribution in [1.82, 2.24) is 5.32 Å². The van der Waals surface area contributed by atoms with Crippen LogP contribution < -0.4 is 19.9 Å². The van der Waals surface area contributed by atoms with Crippen LogP contribution in [-0.2, 0) is 16.2 Å². The number of carbonyl (C=O) groups is 3. The molecule has 3 aliphatic heterocycles. The van der Waals surface area contributed by atoms with E-state index in [1.165, 1.54) is 17.2 Å². The Morgan fingerprint density at radius 3 is 1.98 bits per heavy atom. The third-order valence-electron chi connectivity index (χ3n) is 10.0. The average Bonchev–Trinajstić information content (AvgIpc) is 3.15. The van der Waals surface area contributed by atoms with Crippen LogP contribution in [0.3, 0.4) is 0 Å². The molecule has 7 nitrogen and oxygen atoms in total. The third-order valence-corrected chi connectivity index (χ3v) is 11.0. The summed E-state index contributed by atoms with van der Waals surface area (Å²) in [5.41, 5.74) is 6.95. The number of barbiturate groups is 1. The van der Waals surface area contributed by atoms with Crippen LogP contribution in [0.1, 0.15) is 58.1 Å². The fourth-order valence-electron chi connectivity index (χ4n) is 7.57. The quantitative estimate of drug-likeness (QED) is 0.133. The molecule has 1 saturated heterocycles. The van der Waals surface area contributed by atoms with Gasteiger partial charge in [0, 0.05) is 41.2 Å². The van der Waals surface area contributed by atoms with Crippen molar-refractivity contribution in [2.45, 2.75) is 31.3 Å². The van der Waals surface area contributed by atoms with Gasteiger partial charge in [-0.15, -0.1) is 0 Å². The van der Waals surface area contributed by atoms with E-state index in [1.54, 1.807) is 36.4 Å². The Kier molecular flexibility index (Phi) is 9.26. The first-order valence-corrected chi connectivity index (χ1v) is 18.2. The van der Waals surface area contributed by atoms with E-state index < -0.39 is 17.8 Å². The van der Waals surface area contributed by atoms with E-state index in [1.807, 2.05) is 48.5 Å². The van der Waals surface area contributed by atoms with Crippen molar-refractivity contribution in [3.05, 3.63) is 163 Å². The highest BCUT2D eigenvalue weighted by atomic mass is 35.5. The summed E-state index contributed by atoms with van der Waals surface area (Å²) >= 11 is 18.7. The van der Waals surface area contributed by atoms with Gasteiger partial charge in [0.25, 0.3) is 11.8 Å². The van der Waals surface area contributed by atoms with Crippen LogP contribution in [0.4, 0.5) is 16.2 Å².